The third-order valence-corrected chi connectivity index (χ3v) is 14.0. The Morgan fingerprint density at radius 3 is 2.06 bits per heavy atom. The fourth-order valence-electron chi connectivity index (χ4n) is 6.28. The molecule has 0 bridgehead atoms. The zero-order chi connectivity index (χ0) is 25.9. The molecule has 1 aromatic carbocycles. The highest BCUT2D eigenvalue weighted by molar-refractivity contribution is 6.74. The molecule has 34 heavy (non-hydrogen) atoms. The van der Waals surface area contributed by atoms with Crippen molar-refractivity contribution in [2.45, 2.75) is 91.3 Å². The zero-order valence-electron chi connectivity index (χ0n) is 23.9. The fourth-order valence-corrected chi connectivity index (χ4v) is 7.37. The summed E-state index contributed by atoms with van der Waals surface area (Å²) < 4.78 is 24.8. The molecule has 0 saturated heterocycles. The van der Waals surface area contributed by atoms with Gasteiger partial charge in [-0.15, -0.1) is 0 Å². The molecule has 192 valence electrons. The highest BCUT2D eigenvalue weighted by atomic mass is 28.4. The molecule has 2 aliphatic rings. The molecule has 3 rings (SSSR count). The van der Waals surface area contributed by atoms with Crippen molar-refractivity contribution in [2.24, 2.45) is 16.7 Å². The van der Waals surface area contributed by atoms with Crippen LogP contribution in [-0.4, -0.2) is 36.3 Å². The maximum absolute atomic E-state index is 6.97. The van der Waals surface area contributed by atoms with Gasteiger partial charge in [0.1, 0.15) is 0 Å². The summed E-state index contributed by atoms with van der Waals surface area (Å²) in [4.78, 5) is 0. The van der Waals surface area contributed by atoms with Crippen molar-refractivity contribution >= 4 is 8.32 Å². The topological polar surface area (TPSA) is 36.9 Å². The highest BCUT2D eigenvalue weighted by Crippen LogP contribution is 2.81. The molecule has 1 fully saturated rings. The van der Waals surface area contributed by atoms with Crippen LogP contribution in [0.1, 0.15) is 78.9 Å². The van der Waals surface area contributed by atoms with Crippen LogP contribution in [0.2, 0.25) is 18.1 Å². The van der Waals surface area contributed by atoms with Crippen molar-refractivity contribution in [3.63, 3.8) is 0 Å². The van der Waals surface area contributed by atoms with Gasteiger partial charge in [0.25, 0.3) is 0 Å². The molecule has 3 atom stereocenters. The number of fused-ring (bicyclic) bond motifs is 1. The second-order valence-corrected chi connectivity index (χ2v) is 17.8. The van der Waals surface area contributed by atoms with Gasteiger partial charge in [-0.1, -0.05) is 67.5 Å². The van der Waals surface area contributed by atoms with Gasteiger partial charge >= 0.3 is 0 Å². The predicted molar refractivity (Wildman–Crippen MR) is 144 cm³/mol. The first-order chi connectivity index (χ1) is 15.6. The third-order valence-electron chi connectivity index (χ3n) is 9.58. The highest BCUT2D eigenvalue weighted by Gasteiger charge is 2.80. The van der Waals surface area contributed by atoms with E-state index in [2.05, 4.69) is 86.7 Å². The summed E-state index contributed by atoms with van der Waals surface area (Å²) >= 11 is 0. The van der Waals surface area contributed by atoms with Crippen LogP contribution in [0.3, 0.4) is 0 Å². The molecule has 5 heteroatoms. The van der Waals surface area contributed by atoms with Crippen molar-refractivity contribution in [1.29, 1.82) is 0 Å². The van der Waals surface area contributed by atoms with E-state index >= 15 is 0 Å². The number of rotatable bonds is 8. The van der Waals surface area contributed by atoms with E-state index in [1.165, 1.54) is 11.1 Å². The van der Waals surface area contributed by atoms with Crippen LogP contribution in [0, 0.1) is 16.7 Å². The standard InChI is InChI=1S/C29H48O4Si/c1-19(2)21-14-15-22(25(32-11)24(21)31-10)29-17-20(33-34(12,13)26(3,4)5)16-27(6,7)28(29,8)23(29)18-30-9/h14-15,17,19,23H,16,18H2,1-13H3/t23-,28+,29-/m0/s1. The lowest BCUT2D eigenvalue weighted by molar-refractivity contribution is 0.110. The SMILES string of the molecule is COC[C@@H]1[C@@]2(c3ccc(C(C)C)c(OC)c3OC)C=C(O[Si](C)(C)C(C)(C)C)CC(C)(C)[C@@]12C. The molecule has 1 saturated carbocycles. The predicted octanol–water partition coefficient (Wildman–Crippen LogP) is 7.68. The largest absolute Gasteiger partial charge is 0.547 e. The number of hydrogen-bond acceptors (Lipinski definition) is 4. The molecular weight excluding hydrogens is 440 g/mol. The molecule has 0 heterocycles. The molecule has 0 aliphatic heterocycles. The second-order valence-electron chi connectivity index (χ2n) is 13.0. The molecule has 1 aromatic rings. The van der Waals surface area contributed by atoms with Gasteiger partial charge in [0.2, 0.25) is 8.32 Å². The second kappa shape index (κ2) is 8.58. The van der Waals surface area contributed by atoms with E-state index in [-0.39, 0.29) is 21.3 Å². The first kappa shape index (κ1) is 27.1. The summed E-state index contributed by atoms with van der Waals surface area (Å²) in [7, 11) is 3.34. The Bertz CT molecular complexity index is 956. The van der Waals surface area contributed by atoms with E-state index in [9.17, 15) is 0 Å². The minimum Gasteiger partial charge on any atom is -0.547 e. The molecule has 0 amide bonds. The number of allylic oxidation sites excluding steroid dienone is 2. The lowest BCUT2D eigenvalue weighted by Crippen LogP contribution is -2.43. The van der Waals surface area contributed by atoms with E-state index < -0.39 is 8.32 Å². The van der Waals surface area contributed by atoms with Crippen LogP contribution in [0.5, 0.6) is 11.5 Å². The van der Waals surface area contributed by atoms with Crippen molar-refractivity contribution < 1.29 is 18.6 Å². The molecule has 0 N–H and O–H groups in total. The average molecular weight is 489 g/mol. The van der Waals surface area contributed by atoms with Crippen LogP contribution < -0.4 is 9.47 Å². The summed E-state index contributed by atoms with van der Waals surface area (Å²) in [5.41, 5.74) is 2.15. The van der Waals surface area contributed by atoms with Gasteiger partial charge in [0.05, 0.1) is 26.6 Å². The maximum Gasteiger partial charge on any atom is 0.250 e. The minimum absolute atomic E-state index is 0.00788. The van der Waals surface area contributed by atoms with E-state index in [4.69, 9.17) is 18.6 Å². The summed E-state index contributed by atoms with van der Waals surface area (Å²) in [6, 6.07) is 4.50. The Morgan fingerprint density at radius 2 is 1.59 bits per heavy atom. The van der Waals surface area contributed by atoms with Crippen LogP contribution in [0.25, 0.3) is 0 Å². The van der Waals surface area contributed by atoms with Crippen LogP contribution in [0.15, 0.2) is 24.0 Å². The molecular formula is C29H48O4Si. The van der Waals surface area contributed by atoms with Gasteiger partial charge in [-0.05, 0) is 41.0 Å². The quantitative estimate of drug-likeness (QED) is 0.352. The van der Waals surface area contributed by atoms with Gasteiger partial charge in [0.15, 0.2) is 11.5 Å². The Morgan fingerprint density at radius 1 is 1.00 bits per heavy atom. The lowest BCUT2D eigenvalue weighted by Gasteiger charge is -2.45. The Hall–Kier alpha value is -1.46. The first-order valence-corrected chi connectivity index (χ1v) is 15.6. The van der Waals surface area contributed by atoms with Crippen LogP contribution in [0.4, 0.5) is 0 Å². The van der Waals surface area contributed by atoms with Gasteiger partial charge in [-0.25, -0.2) is 0 Å². The summed E-state index contributed by atoms with van der Waals surface area (Å²) in [5, 5.41) is 0.140. The van der Waals surface area contributed by atoms with E-state index in [1.54, 1.807) is 14.2 Å². The van der Waals surface area contributed by atoms with Crippen LogP contribution >= 0.6 is 0 Å². The Labute approximate surface area is 209 Å². The number of benzene rings is 1. The summed E-state index contributed by atoms with van der Waals surface area (Å²) in [6.07, 6.45) is 3.37. The number of methoxy groups -OCH3 is 3. The molecule has 0 unspecified atom stereocenters. The zero-order valence-corrected chi connectivity index (χ0v) is 24.9. The third kappa shape index (κ3) is 3.73. The average Bonchev–Trinajstić information content (AvgIpc) is 3.25. The number of hydrogen-bond donors (Lipinski definition) is 0. The van der Waals surface area contributed by atoms with Crippen molar-refractivity contribution in [1.82, 2.24) is 0 Å². The van der Waals surface area contributed by atoms with Crippen LogP contribution in [-0.2, 0) is 14.6 Å². The Balaban J connectivity index is 2.29. The normalized spacial score (nSPS) is 28.3. The molecule has 0 spiro atoms. The van der Waals surface area contributed by atoms with Crippen molar-refractivity contribution in [2.75, 3.05) is 27.9 Å². The summed E-state index contributed by atoms with van der Waals surface area (Å²) in [6.45, 7) is 23.9. The van der Waals surface area contributed by atoms with Crippen molar-refractivity contribution in [3.05, 3.63) is 35.1 Å². The molecule has 0 aromatic heterocycles. The lowest BCUT2D eigenvalue weighted by atomic mass is 9.64. The minimum atomic E-state index is -1.98. The van der Waals surface area contributed by atoms with Gasteiger partial charge in [-0.2, -0.15) is 0 Å². The molecule has 2 aliphatic carbocycles. The van der Waals surface area contributed by atoms with Gasteiger partial charge in [0, 0.05) is 36.0 Å². The smallest absolute Gasteiger partial charge is 0.250 e. The van der Waals surface area contributed by atoms with E-state index in [0.29, 0.717) is 18.4 Å². The van der Waals surface area contributed by atoms with E-state index in [1.807, 2.05) is 7.11 Å². The molecule has 4 nitrogen and oxygen atoms in total. The Kier molecular flexibility index (Phi) is 6.85. The maximum atomic E-state index is 6.97. The fraction of sp³-hybridized carbons (Fsp3) is 0.724. The number of ether oxygens (including phenoxy) is 3. The van der Waals surface area contributed by atoms with Gasteiger partial charge in [-0.3, -0.25) is 0 Å². The monoisotopic (exact) mass is 488 g/mol. The van der Waals surface area contributed by atoms with E-state index in [0.717, 1.165) is 23.7 Å². The summed E-state index contributed by atoms with van der Waals surface area (Å²) in [5.74, 6) is 3.48. The van der Waals surface area contributed by atoms with Gasteiger partial charge < -0.3 is 18.6 Å². The van der Waals surface area contributed by atoms with Crippen molar-refractivity contribution in [3.8, 4) is 11.5 Å². The first-order valence-electron chi connectivity index (χ1n) is 12.7. The molecule has 0 radical (unpaired) electrons.